The number of aromatic amines is 1. The molecule has 0 saturated carbocycles. The van der Waals surface area contributed by atoms with E-state index in [-0.39, 0.29) is 0 Å². The molecule has 126 valence electrons. The van der Waals surface area contributed by atoms with Crippen LogP contribution in [0.1, 0.15) is 5.82 Å². The molecule has 0 spiro atoms. The molecule has 0 aliphatic rings. The molecular formula is C18H16BrN5O. The summed E-state index contributed by atoms with van der Waals surface area (Å²) in [6.07, 6.45) is 3.78. The average molecular weight is 398 g/mol. The fraction of sp³-hybridized carbons (Fsp3) is 0.111. The van der Waals surface area contributed by atoms with Crippen molar-refractivity contribution in [3.05, 3.63) is 59.1 Å². The standard InChI is InChI=1S/C18H16BrN5O/c1-11-20-9-15(21-11)17-18(22-13-4-6-14(25-2)7-5-13)24-10-12(19)3-8-16(24)23-17/h3-10,22H,1-2H3,(H,20,21). The Labute approximate surface area is 153 Å². The third kappa shape index (κ3) is 2.98. The van der Waals surface area contributed by atoms with Crippen molar-refractivity contribution in [2.45, 2.75) is 6.92 Å². The minimum atomic E-state index is 0.814. The SMILES string of the molecule is COc1ccc(Nc2c(-c3cnc(C)[nH]3)nc3ccc(Br)cn23)cc1. The molecule has 6 nitrogen and oxygen atoms in total. The summed E-state index contributed by atoms with van der Waals surface area (Å²) in [5.74, 6) is 2.53. The van der Waals surface area contributed by atoms with E-state index in [2.05, 4.69) is 31.2 Å². The lowest BCUT2D eigenvalue weighted by molar-refractivity contribution is 0.415. The second kappa shape index (κ2) is 6.25. The fourth-order valence-electron chi connectivity index (χ4n) is 2.68. The first-order valence-corrected chi connectivity index (χ1v) is 8.54. The number of aromatic nitrogens is 4. The zero-order chi connectivity index (χ0) is 17.4. The number of benzene rings is 1. The van der Waals surface area contributed by atoms with Gasteiger partial charge in [0.15, 0.2) is 0 Å². The Kier molecular flexibility index (Phi) is 3.93. The molecule has 7 heteroatoms. The predicted molar refractivity (Wildman–Crippen MR) is 101 cm³/mol. The summed E-state index contributed by atoms with van der Waals surface area (Å²) >= 11 is 3.53. The number of ether oxygens (including phenoxy) is 1. The van der Waals surface area contributed by atoms with Crippen LogP contribution in [0.15, 0.2) is 53.3 Å². The summed E-state index contributed by atoms with van der Waals surface area (Å²) in [5.41, 5.74) is 3.48. The Hall–Kier alpha value is -2.80. The van der Waals surface area contributed by atoms with Crippen LogP contribution >= 0.6 is 15.9 Å². The number of fused-ring (bicyclic) bond motifs is 1. The predicted octanol–water partition coefficient (Wildman–Crippen LogP) is 4.55. The van der Waals surface area contributed by atoms with Crippen LogP contribution in [0.3, 0.4) is 0 Å². The first kappa shape index (κ1) is 15.7. The number of aryl methyl sites for hydroxylation is 1. The minimum Gasteiger partial charge on any atom is -0.497 e. The highest BCUT2D eigenvalue weighted by atomic mass is 79.9. The largest absolute Gasteiger partial charge is 0.497 e. The normalized spacial score (nSPS) is 11.0. The zero-order valence-corrected chi connectivity index (χ0v) is 15.3. The van der Waals surface area contributed by atoms with Gasteiger partial charge in [-0.2, -0.15) is 0 Å². The molecular weight excluding hydrogens is 382 g/mol. The molecule has 0 fully saturated rings. The van der Waals surface area contributed by atoms with Crippen molar-refractivity contribution in [3.63, 3.8) is 0 Å². The molecule has 0 radical (unpaired) electrons. The lowest BCUT2D eigenvalue weighted by Gasteiger charge is -2.09. The van der Waals surface area contributed by atoms with E-state index in [9.17, 15) is 0 Å². The van der Waals surface area contributed by atoms with E-state index in [1.54, 1.807) is 13.3 Å². The van der Waals surface area contributed by atoms with Gasteiger partial charge < -0.3 is 15.0 Å². The third-order valence-electron chi connectivity index (χ3n) is 3.89. The van der Waals surface area contributed by atoms with Crippen molar-refractivity contribution >= 4 is 33.1 Å². The zero-order valence-electron chi connectivity index (χ0n) is 13.7. The number of nitrogens with one attached hydrogen (secondary N) is 2. The van der Waals surface area contributed by atoms with Crippen molar-refractivity contribution in [2.75, 3.05) is 12.4 Å². The Bertz CT molecular complexity index is 1040. The van der Waals surface area contributed by atoms with E-state index in [4.69, 9.17) is 9.72 Å². The van der Waals surface area contributed by atoms with Gasteiger partial charge in [0.05, 0.1) is 19.0 Å². The van der Waals surface area contributed by atoms with Crippen LogP contribution in [0.5, 0.6) is 5.75 Å². The topological polar surface area (TPSA) is 67.2 Å². The molecule has 0 bridgehead atoms. The van der Waals surface area contributed by atoms with Crippen molar-refractivity contribution in [3.8, 4) is 17.1 Å². The summed E-state index contributed by atoms with van der Waals surface area (Å²) in [6.45, 7) is 1.92. The minimum absolute atomic E-state index is 0.814. The summed E-state index contributed by atoms with van der Waals surface area (Å²) in [5, 5.41) is 3.46. The molecule has 0 saturated heterocycles. The van der Waals surface area contributed by atoms with Crippen molar-refractivity contribution in [1.82, 2.24) is 19.4 Å². The lowest BCUT2D eigenvalue weighted by atomic mass is 10.3. The van der Waals surface area contributed by atoms with E-state index in [0.717, 1.165) is 44.6 Å². The molecule has 4 aromatic rings. The highest BCUT2D eigenvalue weighted by molar-refractivity contribution is 9.10. The Morgan fingerprint density at radius 3 is 2.64 bits per heavy atom. The van der Waals surface area contributed by atoms with Gasteiger partial charge in [-0.1, -0.05) is 0 Å². The third-order valence-corrected chi connectivity index (χ3v) is 4.36. The fourth-order valence-corrected chi connectivity index (χ4v) is 3.02. The molecule has 4 rings (SSSR count). The summed E-state index contributed by atoms with van der Waals surface area (Å²) in [6, 6.07) is 11.7. The van der Waals surface area contributed by atoms with E-state index in [1.165, 1.54) is 0 Å². The smallest absolute Gasteiger partial charge is 0.144 e. The highest BCUT2D eigenvalue weighted by Crippen LogP contribution is 2.31. The maximum Gasteiger partial charge on any atom is 0.144 e. The number of pyridine rings is 1. The second-order valence-corrected chi connectivity index (χ2v) is 6.54. The number of methoxy groups -OCH3 is 1. The number of imidazole rings is 2. The van der Waals surface area contributed by atoms with Gasteiger partial charge in [0.25, 0.3) is 0 Å². The van der Waals surface area contributed by atoms with Crippen LogP contribution in [0, 0.1) is 6.92 Å². The van der Waals surface area contributed by atoms with E-state index in [0.29, 0.717) is 0 Å². The van der Waals surface area contributed by atoms with Crippen LogP contribution in [0.2, 0.25) is 0 Å². The van der Waals surface area contributed by atoms with Gasteiger partial charge in [-0.25, -0.2) is 9.97 Å². The summed E-state index contributed by atoms with van der Waals surface area (Å²) in [7, 11) is 1.66. The van der Waals surface area contributed by atoms with Gasteiger partial charge in [-0.15, -0.1) is 0 Å². The average Bonchev–Trinajstić information content (AvgIpc) is 3.19. The van der Waals surface area contributed by atoms with Crippen LogP contribution in [0.25, 0.3) is 17.0 Å². The molecule has 3 aromatic heterocycles. The summed E-state index contributed by atoms with van der Waals surface area (Å²) < 4.78 is 8.21. The second-order valence-electron chi connectivity index (χ2n) is 5.62. The van der Waals surface area contributed by atoms with Gasteiger partial charge >= 0.3 is 0 Å². The first-order chi connectivity index (χ1) is 12.1. The van der Waals surface area contributed by atoms with Gasteiger partial charge in [-0.05, 0) is 59.3 Å². The first-order valence-electron chi connectivity index (χ1n) is 7.75. The van der Waals surface area contributed by atoms with Crippen molar-refractivity contribution in [2.24, 2.45) is 0 Å². The molecule has 0 aliphatic heterocycles. The number of anilines is 2. The number of hydrogen-bond acceptors (Lipinski definition) is 4. The molecule has 25 heavy (non-hydrogen) atoms. The van der Waals surface area contributed by atoms with Crippen LogP contribution in [0.4, 0.5) is 11.5 Å². The highest BCUT2D eigenvalue weighted by Gasteiger charge is 2.16. The Morgan fingerprint density at radius 2 is 1.96 bits per heavy atom. The van der Waals surface area contributed by atoms with Gasteiger partial charge in [0.2, 0.25) is 0 Å². The molecule has 0 unspecified atom stereocenters. The van der Waals surface area contributed by atoms with Gasteiger partial charge in [0.1, 0.15) is 28.7 Å². The number of rotatable bonds is 4. The van der Waals surface area contributed by atoms with Crippen molar-refractivity contribution < 1.29 is 4.74 Å². The lowest BCUT2D eigenvalue weighted by Crippen LogP contribution is -1.97. The molecule has 3 heterocycles. The Morgan fingerprint density at radius 1 is 1.16 bits per heavy atom. The molecule has 0 amide bonds. The van der Waals surface area contributed by atoms with Crippen LogP contribution < -0.4 is 10.1 Å². The maximum atomic E-state index is 5.22. The Balaban J connectivity index is 1.85. The van der Waals surface area contributed by atoms with Crippen LogP contribution in [-0.2, 0) is 0 Å². The van der Waals surface area contributed by atoms with E-state index in [1.807, 2.05) is 53.9 Å². The van der Waals surface area contributed by atoms with E-state index >= 15 is 0 Å². The molecule has 1 aromatic carbocycles. The maximum absolute atomic E-state index is 5.22. The number of hydrogen-bond donors (Lipinski definition) is 2. The monoisotopic (exact) mass is 397 g/mol. The number of halogens is 1. The molecule has 0 aliphatic carbocycles. The number of nitrogens with zero attached hydrogens (tertiary/aromatic N) is 3. The van der Waals surface area contributed by atoms with Gasteiger partial charge in [0, 0.05) is 16.4 Å². The molecule has 0 atom stereocenters. The number of H-pyrrole nitrogens is 1. The summed E-state index contributed by atoms with van der Waals surface area (Å²) in [4.78, 5) is 12.3. The quantitative estimate of drug-likeness (QED) is 0.530. The molecule has 2 N–H and O–H groups in total. The van der Waals surface area contributed by atoms with E-state index < -0.39 is 0 Å². The van der Waals surface area contributed by atoms with Crippen molar-refractivity contribution in [1.29, 1.82) is 0 Å². The van der Waals surface area contributed by atoms with Gasteiger partial charge in [-0.3, -0.25) is 4.40 Å². The van der Waals surface area contributed by atoms with Crippen LogP contribution in [-0.4, -0.2) is 26.5 Å².